The molecule has 0 aromatic heterocycles. The van der Waals surface area contributed by atoms with E-state index in [0.717, 1.165) is 6.42 Å². The van der Waals surface area contributed by atoms with Gasteiger partial charge in [0.1, 0.15) is 0 Å². The molecule has 0 radical (unpaired) electrons. The topological polar surface area (TPSA) is 104 Å². The van der Waals surface area contributed by atoms with Crippen LogP contribution in [0.1, 0.15) is 56.5 Å². The van der Waals surface area contributed by atoms with Crippen LogP contribution in [-0.4, -0.2) is 38.9 Å². The second kappa shape index (κ2) is 9.14. The molecule has 0 saturated carbocycles. The fraction of sp³-hybridized carbons (Fsp3) is 0.556. The minimum Gasteiger partial charge on any atom is -0.356 e. The summed E-state index contributed by atoms with van der Waals surface area (Å²) in [5.74, 6) is -0.534. The summed E-state index contributed by atoms with van der Waals surface area (Å²) in [6, 6.07) is 4.42. The van der Waals surface area contributed by atoms with Gasteiger partial charge < -0.3 is 10.6 Å². The van der Waals surface area contributed by atoms with E-state index >= 15 is 0 Å². The Labute approximate surface area is 156 Å². The molecule has 0 aliphatic carbocycles. The zero-order valence-corrected chi connectivity index (χ0v) is 16.9. The molecule has 0 spiro atoms. The van der Waals surface area contributed by atoms with E-state index in [0.29, 0.717) is 12.1 Å². The molecule has 0 aliphatic rings. The molecule has 0 atom stereocenters. The summed E-state index contributed by atoms with van der Waals surface area (Å²) in [5, 5.41) is 5.39. The van der Waals surface area contributed by atoms with Gasteiger partial charge in [-0.1, -0.05) is 13.0 Å². The fourth-order valence-corrected chi connectivity index (χ4v) is 3.66. The third kappa shape index (κ3) is 7.13. The van der Waals surface area contributed by atoms with E-state index in [2.05, 4.69) is 15.4 Å². The van der Waals surface area contributed by atoms with Crippen LogP contribution >= 0.6 is 0 Å². The predicted octanol–water partition coefficient (Wildman–Crippen LogP) is 1.72. The Balaban J connectivity index is 2.84. The largest absolute Gasteiger partial charge is 0.356 e. The molecule has 0 bridgehead atoms. The van der Waals surface area contributed by atoms with E-state index < -0.39 is 21.5 Å². The standard InChI is InChI=1S/C18H29N3O4S/c1-6-10-19-16(22)9-11-20-17(23)15-12-14(8-7-13(15)2)26(24,25)21-18(3,4)5/h7-8,12,21H,6,9-11H2,1-5H3,(H,19,22)(H,20,23). The van der Waals surface area contributed by atoms with Crippen molar-refractivity contribution in [2.45, 2.75) is 57.9 Å². The van der Waals surface area contributed by atoms with Gasteiger partial charge >= 0.3 is 0 Å². The molecule has 1 aromatic rings. The van der Waals surface area contributed by atoms with Crippen molar-refractivity contribution >= 4 is 21.8 Å². The maximum Gasteiger partial charge on any atom is 0.251 e. The van der Waals surface area contributed by atoms with Gasteiger partial charge in [-0.3, -0.25) is 9.59 Å². The summed E-state index contributed by atoms with van der Waals surface area (Å²) in [7, 11) is -3.73. The summed E-state index contributed by atoms with van der Waals surface area (Å²) in [6.45, 7) is 9.72. The molecule has 7 nitrogen and oxygen atoms in total. The lowest BCUT2D eigenvalue weighted by Crippen LogP contribution is -2.40. The van der Waals surface area contributed by atoms with Gasteiger partial charge in [-0.25, -0.2) is 13.1 Å². The fourth-order valence-electron chi connectivity index (χ4n) is 2.21. The minimum atomic E-state index is -3.73. The summed E-state index contributed by atoms with van der Waals surface area (Å²) < 4.78 is 27.4. The summed E-state index contributed by atoms with van der Waals surface area (Å²) in [6.07, 6.45) is 1.02. The van der Waals surface area contributed by atoms with Crippen molar-refractivity contribution in [3.63, 3.8) is 0 Å². The number of rotatable bonds is 8. The molecular formula is C18H29N3O4S. The molecule has 0 fully saturated rings. The Morgan fingerprint density at radius 3 is 2.31 bits per heavy atom. The Hall–Kier alpha value is -1.93. The van der Waals surface area contributed by atoms with Crippen molar-refractivity contribution in [2.24, 2.45) is 0 Å². The molecule has 26 heavy (non-hydrogen) atoms. The highest BCUT2D eigenvalue weighted by atomic mass is 32.2. The number of carbonyl (C=O) groups excluding carboxylic acids is 2. The first-order valence-electron chi connectivity index (χ1n) is 8.66. The van der Waals surface area contributed by atoms with Gasteiger partial charge in [0.05, 0.1) is 4.90 Å². The second-order valence-corrected chi connectivity index (χ2v) is 8.87. The van der Waals surface area contributed by atoms with Crippen molar-refractivity contribution in [1.82, 2.24) is 15.4 Å². The first kappa shape index (κ1) is 22.1. The molecule has 8 heteroatoms. The van der Waals surface area contributed by atoms with Gasteiger partial charge in [-0.05, 0) is 51.8 Å². The van der Waals surface area contributed by atoms with Gasteiger partial charge in [0.15, 0.2) is 0 Å². The maximum absolute atomic E-state index is 12.4. The highest BCUT2D eigenvalue weighted by molar-refractivity contribution is 7.89. The molecular weight excluding hydrogens is 354 g/mol. The number of carbonyl (C=O) groups is 2. The van der Waals surface area contributed by atoms with Crippen molar-refractivity contribution in [1.29, 1.82) is 0 Å². The summed E-state index contributed by atoms with van der Waals surface area (Å²) >= 11 is 0. The molecule has 0 heterocycles. The van der Waals surface area contributed by atoms with E-state index in [9.17, 15) is 18.0 Å². The predicted molar refractivity (Wildman–Crippen MR) is 102 cm³/mol. The third-order valence-electron chi connectivity index (χ3n) is 3.41. The van der Waals surface area contributed by atoms with Crippen molar-refractivity contribution in [2.75, 3.05) is 13.1 Å². The van der Waals surface area contributed by atoms with Gasteiger partial charge in [-0.2, -0.15) is 0 Å². The van der Waals surface area contributed by atoms with Crippen LogP contribution in [0.3, 0.4) is 0 Å². The zero-order chi connectivity index (χ0) is 20.0. The average molecular weight is 384 g/mol. The monoisotopic (exact) mass is 383 g/mol. The number of aryl methyl sites for hydroxylation is 1. The number of sulfonamides is 1. The molecule has 1 aromatic carbocycles. The smallest absolute Gasteiger partial charge is 0.251 e. The number of nitrogens with one attached hydrogen (secondary N) is 3. The van der Waals surface area contributed by atoms with E-state index in [1.54, 1.807) is 33.8 Å². The quantitative estimate of drug-likeness (QED) is 0.636. The van der Waals surface area contributed by atoms with E-state index in [1.165, 1.54) is 12.1 Å². The SMILES string of the molecule is CCCNC(=O)CCNC(=O)c1cc(S(=O)(=O)NC(C)(C)C)ccc1C. The lowest BCUT2D eigenvalue weighted by molar-refractivity contribution is -0.120. The molecule has 0 saturated heterocycles. The lowest BCUT2D eigenvalue weighted by atomic mass is 10.1. The van der Waals surface area contributed by atoms with Crippen molar-refractivity contribution in [3.8, 4) is 0 Å². The van der Waals surface area contributed by atoms with Gasteiger partial charge in [0.25, 0.3) is 5.91 Å². The van der Waals surface area contributed by atoms with Gasteiger partial charge in [0.2, 0.25) is 15.9 Å². The Morgan fingerprint density at radius 1 is 1.08 bits per heavy atom. The number of hydrogen-bond donors (Lipinski definition) is 3. The van der Waals surface area contributed by atoms with Crippen LogP contribution < -0.4 is 15.4 Å². The maximum atomic E-state index is 12.4. The van der Waals surface area contributed by atoms with Crippen LogP contribution in [0.2, 0.25) is 0 Å². The highest BCUT2D eigenvalue weighted by Gasteiger charge is 2.23. The lowest BCUT2D eigenvalue weighted by Gasteiger charge is -2.20. The van der Waals surface area contributed by atoms with Gasteiger partial charge in [-0.15, -0.1) is 0 Å². The second-order valence-electron chi connectivity index (χ2n) is 7.19. The normalized spacial score (nSPS) is 11.9. The number of hydrogen-bond acceptors (Lipinski definition) is 4. The molecule has 1 rings (SSSR count). The van der Waals surface area contributed by atoms with E-state index in [4.69, 9.17) is 0 Å². The van der Waals surface area contributed by atoms with Crippen LogP contribution in [0.15, 0.2) is 23.1 Å². The minimum absolute atomic E-state index is 0.0314. The number of amides is 2. The van der Waals surface area contributed by atoms with Crippen molar-refractivity contribution in [3.05, 3.63) is 29.3 Å². The number of benzene rings is 1. The summed E-state index contributed by atoms with van der Waals surface area (Å²) in [4.78, 5) is 24.0. The molecule has 3 N–H and O–H groups in total. The summed E-state index contributed by atoms with van der Waals surface area (Å²) in [5.41, 5.74) is 0.307. The van der Waals surface area contributed by atoms with Crippen LogP contribution in [0, 0.1) is 6.92 Å². The van der Waals surface area contributed by atoms with E-state index in [-0.39, 0.29) is 29.3 Å². The Bertz CT molecular complexity index is 752. The van der Waals surface area contributed by atoms with Crippen molar-refractivity contribution < 1.29 is 18.0 Å². The highest BCUT2D eigenvalue weighted by Crippen LogP contribution is 2.17. The molecule has 0 unspecified atom stereocenters. The zero-order valence-electron chi connectivity index (χ0n) is 16.1. The van der Waals surface area contributed by atoms with Gasteiger partial charge in [0, 0.05) is 30.6 Å². The average Bonchev–Trinajstić information content (AvgIpc) is 2.50. The van der Waals surface area contributed by atoms with Crippen LogP contribution in [0.5, 0.6) is 0 Å². The first-order chi connectivity index (χ1) is 12.0. The van der Waals surface area contributed by atoms with Crippen LogP contribution in [-0.2, 0) is 14.8 Å². The van der Waals surface area contributed by atoms with Crippen LogP contribution in [0.25, 0.3) is 0 Å². The Kier molecular flexibility index (Phi) is 7.77. The molecule has 0 aliphatic heterocycles. The third-order valence-corrected chi connectivity index (χ3v) is 5.17. The molecule has 2 amide bonds. The first-order valence-corrected chi connectivity index (χ1v) is 10.1. The Morgan fingerprint density at radius 2 is 1.73 bits per heavy atom. The molecule has 146 valence electrons. The van der Waals surface area contributed by atoms with E-state index in [1.807, 2.05) is 6.92 Å². The van der Waals surface area contributed by atoms with Crippen LogP contribution in [0.4, 0.5) is 0 Å².